The van der Waals surface area contributed by atoms with Gasteiger partial charge in [0.05, 0.1) is 18.3 Å². The molecule has 1 saturated carbocycles. The van der Waals surface area contributed by atoms with Crippen LogP contribution in [0.5, 0.6) is 0 Å². The number of amides is 1. The van der Waals surface area contributed by atoms with Crippen molar-refractivity contribution < 1.29 is 14.7 Å². The molecule has 6 heteroatoms. The second-order valence-corrected chi connectivity index (χ2v) is 5.98. The molecule has 3 rings (SSSR count). The SMILES string of the molecule is Cc1c(C(=O)NC2(C(=O)O)CCC2)cnn1Cc1ccccc1. The van der Waals surface area contributed by atoms with Crippen LogP contribution in [0.1, 0.15) is 40.9 Å². The molecule has 0 aliphatic heterocycles. The maximum absolute atomic E-state index is 12.4. The molecule has 1 fully saturated rings. The van der Waals surface area contributed by atoms with Gasteiger partial charge in [0.25, 0.3) is 5.91 Å². The Labute approximate surface area is 134 Å². The maximum Gasteiger partial charge on any atom is 0.329 e. The number of hydrogen-bond acceptors (Lipinski definition) is 3. The van der Waals surface area contributed by atoms with Crippen molar-refractivity contribution in [2.75, 3.05) is 0 Å². The van der Waals surface area contributed by atoms with Gasteiger partial charge in [0, 0.05) is 5.69 Å². The predicted octanol–water partition coefficient (Wildman–Crippen LogP) is 1.98. The van der Waals surface area contributed by atoms with Gasteiger partial charge in [-0.15, -0.1) is 0 Å². The molecule has 1 aliphatic rings. The van der Waals surface area contributed by atoms with Gasteiger partial charge in [-0.05, 0) is 31.7 Å². The highest BCUT2D eigenvalue weighted by Gasteiger charge is 2.46. The maximum atomic E-state index is 12.4. The molecule has 1 amide bonds. The lowest BCUT2D eigenvalue weighted by molar-refractivity contribution is -0.148. The minimum absolute atomic E-state index is 0.371. The molecule has 1 heterocycles. The van der Waals surface area contributed by atoms with Crippen molar-refractivity contribution in [2.45, 2.75) is 38.3 Å². The van der Waals surface area contributed by atoms with Crippen LogP contribution in [0.25, 0.3) is 0 Å². The quantitative estimate of drug-likeness (QED) is 0.884. The summed E-state index contributed by atoms with van der Waals surface area (Å²) in [4.78, 5) is 23.8. The van der Waals surface area contributed by atoms with Crippen LogP contribution in [0, 0.1) is 6.92 Å². The first-order chi connectivity index (χ1) is 11.0. The Kier molecular flexibility index (Phi) is 3.90. The number of aromatic nitrogens is 2. The van der Waals surface area contributed by atoms with Crippen LogP contribution in [-0.4, -0.2) is 32.3 Å². The van der Waals surface area contributed by atoms with Crippen LogP contribution in [0.4, 0.5) is 0 Å². The summed E-state index contributed by atoms with van der Waals surface area (Å²) >= 11 is 0. The van der Waals surface area contributed by atoms with Crippen molar-refractivity contribution in [2.24, 2.45) is 0 Å². The summed E-state index contributed by atoms with van der Waals surface area (Å²) in [5, 5.41) is 16.2. The standard InChI is InChI=1S/C17H19N3O3/c1-12-14(15(21)19-17(16(22)23)8-5-9-17)10-18-20(12)11-13-6-3-2-4-7-13/h2-4,6-7,10H,5,8-9,11H2,1H3,(H,19,21)(H,22,23). The van der Waals surface area contributed by atoms with Crippen molar-refractivity contribution in [3.8, 4) is 0 Å². The van der Waals surface area contributed by atoms with Crippen molar-refractivity contribution in [3.63, 3.8) is 0 Å². The minimum atomic E-state index is -1.11. The van der Waals surface area contributed by atoms with Crippen LogP contribution in [-0.2, 0) is 11.3 Å². The molecule has 2 N–H and O–H groups in total. The van der Waals surface area contributed by atoms with E-state index in [1.54, 1.807) is 4.68 Å². The normalized spacial score (nSPS) is 15.7. The Morgan fingerprint density at radius 3 is 2.57 bits per heavy atom. The number of carbonyl (C=O) groups excluding carboxylic acids is 1. The van der Waals surface area contributed by atoms with Crippen LogP contribution in [0.15, 0.2) is 36.5 Å². The molecule has 0 unspecified atom stereocenters. The Morgan fingerprint density at radius 2 is 2.00 bits per heavy atom. The molecule has 0 spiro atoms. The first-order valence-electron chi connectivity index (χ1n) is 7.64. The van der Waals surface area contributed by atoms with E-state index in [9.17, 15) is 14.7 Å². The highest BCUT2D eigenvalue weighted by atomic mass is 16.4. The molecule has 0 atom stereocenters. The zero-order chi connectivity index (χ0) is 16.4. The second-order valence-electron chi connectivity index (χ2n) is 5.98. The van der Waals surface area contributed by atoms with E-state index in [0.717, 1.165) is 17.7 Å². The van der Waals surface area contributed by atoms with E-state index in [0.29, 0.717) is 24.9 Å². The molecule has 1 aliphatic carbocycles. The largest absolute Gasteiger partial charge is 0.480 e. The average Bonchev–Trinajstić information content (AvgIpc) is 2.85. The lowest BCUT2D eigenvalue weighted by Crippen LogP contribution is -2.59. The fraction of sp³-hybridized carbons (Fsp3) is 0.353. The average molecular weight is 313 g/mol. The van der Waals surface area contributed by atoms with Crippen LogP contribution in [0.3, 0.4) is 0 Å². The molecule has 0 bridgehead atoms. The smallest absolute Gasteiger partial charge is 0.329 e. The predicted molar refractivity (Wildman–Crippen MR) is 84.2 cm³/mol. The molecule has 23 heavy (non-hydrogen) atoms. The number of benzene rings is 1. The Balaban J connectivity index is 1.76. The van der Waals surface area contributed by atoms with Crippen molar-refractivity contribution in [3.05, 3.63) is 53.3 Å². The van der Waals surface area contributed by atoms with Gasteiger partial charge in [-0.3, -0.25) is 9.48 Å². The number of carboxylic acids is 1. The zero-order valence-electron chi connectivity index (χ0n) is 13.0. The highest BCUT2D eigenvalue weighted by Crippen LogP contribution is 2.32. The van der Waals surface area contributed by atoms with E-state index in [1.807, 2.05) is 37.3 Å². The number of carbonyl (C=O) groups is 2. The molecular weight excluding hydrogens is 294 g/mol. The van der Waals surface area contributed by atoms with Gasteiger partial charge in [0.1, 0.15) is 5.54 Å². The van der Waals surface area contributed by atoms with E-state index in [2.05, 4.69) is 10.4 Å². The molecule has 1 aromatic carbocycles. The summed E-state index contributed by atoms with van der Waals surface area (Å²) in [6.45, 7) is 2.39. The molecule has 0 saturated heterocycles. The summed E-state index contributed by atoms with van der Waals surface area (Å²) < 4.78 is 1.75. The summed E-state index contributed by atoms with van der Waals surface area (Å²) in [5.41, 5.74) is 1.14. The van der Waals surface area contributed by atoms with Crippen molar-refractivity contribution in [1.29, 1.82) is 0 Å². The van der Waals surface area contributed by atoms with Gasteiger partial charge in [-0.2, -0.15) is 5.10 Å². The number of rotatable bonds is 5. The van der Waals surface area contributed by atoms with Crippen LogP contribution < -0.4 is 5.32 Å². The Bertz CT molecular complexity index is 733. The monoisotopic (exact) mass is 313 g/mol. The fourth-order valence-corrected chi connectivity index (χ4v) is 2.79. The summed E-state index contributed by atoms with van der Waals surface area (Å²) in [6.07, 6.45) is 3.28. The van der Waals surface area contributed by atoms with E-state index < -0.39 is 11.5 Å². The summed E-state index contributed by atoms with van der Waals surface area (Å²) in [5.74, 6) is -1.34. The van der Waals surface area contributed by atoms with Gasteiger partial charge in [0.2, 0.25) is 0 Å². The number of aliphatic carboxylic acids is 1. The van der Waals surface area contributed by atoms with E-state index in [1.165, 1.54) is 6.20 Å². The topological polar surface area (TPSA) is 84.2 Å². The van der Waals surface area contributed by atoms with Gasteiger partial charge in [-0.25, -0.2) is 4.79 Å². The summed E-state index contributed by atoms with van der Waals surface area (Å²) in [6, 6.07) is 9.84. The Morgan fingerprint density at radius 1 is 1.30 bits per heavy atom. The van der Waals surface area contributed by atoms with E-state index in [-0.39, 0.29) is 5.91 Å². The molecular formula is C17H19N3O3. The number of nitrogens with zero attached hydrogens (tertiary/aromatic N) is 2. The first-order valence-corrected chi connectivity index (χ1v) is 7.64. The fourth-order valence-electron chi connectivity index (χ4n) is 2.79. The number of hydrogen-bond donors (Lipinski definition) is 2. The second kappa shape index (κ2) is 5.87. The van der Waals surface area contributed by atoms with E-state index >= 15 is 0 Å². The Hall–Kier alpha value is -2.63. The third kappa shape index (κ3) is 2.84. The summed E-state index contributed by atoms with van der Waals surface area (Å²) in [7, 11) is 0. The number of carboxylic acid groups (broad SMARTS) is 1. The van der Waals surface area contributed by atoms with Gasteiger partial charge in [0.15, 0.2) is 0 Å². The van der Waals surface area contributed by atoms with Gasteiger partial charge < -0.3 is 10.4 Å². The third-order valence-electron chi connectivity index (χ3n) is 4.49. The lowest BCUT2D eigenvalue weighted by atomic mass is 9.76. The first kappa shape index (κ1) is 15.3. The van der Waals surface area contributed by atoms with Gasteiger partial charge >= 0.3 is 5.97 Å². The van der Waals surface area contributed by atoms with E-state index in [4.69, 9.17) is 0 Å². The molecule has 2 aromatic rings. The van der Waals surface area contributed by atoms with Crippen LogP contribution >= 0.6 is 0 Å². The van der Waals surface area contributed by atoms with Crippen LogP contribution in [0.2, 0.25) is 0 Å². The number of nitrogens with one attached hydrogen (secondary N) is 1. The zero-order valence-corrected chi connectivity index (χ0v) is 13.0. The van der Waals surface area contributed by atoms with Crippen molar-refractivity contribution in [1.82, 2.24) is 15.1 Å². The van der Waals surface area contributed by atoms with Crippen molar-refractivity contribution >= 4 is 11.9 Å². The lowest BCUT2D eigenvalue weighted by Gasteiger charge is -2.38. The molecule has 0 radical (unpaired) electrons. The third-order valence-corrected chi connectivity index (χ3v) is 4.49. The molecule has 1 aromatic heterocycles. The molecule has 6 nitrogen and oxygen atoms in total. The van der Waals surface area contributed by atoms with Gasteiger partial charge in [-0.1, -0.05) is 30.3 Å². The molecule has 120 valence electrons. The highest BCUT2D eigenvalue weighted by molar-refractivity contribution is 5.98. The minimum Gasteiger partial charge on any atom is -0.480 e.